The Kier molecular flexibility index (Phi) is 5.94. The fraction of sp³-hybridized carbons (Fsp3) is 0.103. The molecule has 144 valence electrons. The molecule has 3 aromatic carbocycles. The Balaban J connectivity index is 1.48. The molecule has 1 aliphatic rings. The van der Waals surface area contributed by atoms with Crippen molar-refractivity contribution in [3.05, 3.63) is 118 Å². The highest BCUT2D eigenvalue weighted by Crippen LogP contribution is 2.24. The van der Waals surface area contributed by atoms with E-state index in [9.17, 15) is 0 Å². The van der Waals surface area contributed by atoms with Crippen LogP contribution in [0.1, 0.15) is 40.3 Å². The summed E-state index contributed by atoms with van der Waals surface area (Å²) in [5, 5.41) is 0. The summed E-state index contributed by atoms with van der Waals surface area (Å²) < 4.78 is 0. The Morgan fingerprint density at radius 2 is 1.33 bits per heavy atom. The Labute approximate surface area is 184 Å². The van der Waals surface area contributed by atoms with E-state index in [1.54, 1.807) is 0 Å². The first-order chi connectivity index (χ1) is 14.6. The van der Waals surface area contributed by atoms with Crippen LogP contribution in [0.2, 0.25) is 0 Å². The average molecular weight is 403 g/mol. The van der Waals surface area contributed by atoms with E-state index < -0.39 is 0 Å². The normalized spacial score (nSPS) is 14.4. The first-order valence-electron chi connectivity index (χ1n) is 10.0. The summed E-state index contributed by atoms with van der Waals surface area (Å²) >= 11 is 4.30. The van der Waals surface area contributed by atoms with Crippen LogP contribution in [0.25, 0.3) is 5.57 Å². The molecule has 0 N–H and O–H groups in total. The average Bonchev–Trinajstić information content (AvgIpc) is 3.19. The van der Waals surface area contributed by atoms with Gasteiger partial charge in [-0.15, -0.1) is 12.6 Å². The van der Waals surface area contributed by atoms with Gasteiger partial charge in [-0.05, 0) is 84.1 Å². The van der Waals surface area contributed by atoms with Gasteiger partial charge in [0.05, 0.1) is 0 Å². The van der Waals surface area contributed by atoms with Gasteiger partial charge in [0.25, 0.3) is 0 Å². The lowest BCUT2D eigenvalue weighted by atomic mass is 10.0. The third kappa shape index (κ3) is 4.96. The molecule has 0 nitrogen and oxygen atoms in total. The first-order valence-corrected chi connectivity index (χ1v) is 10.5. The predicted octanol–water partition coefficient (Wildman–Crippen LogP) is 6.67. The van der Waals surface area contributed by atoms with Gasteiger partial charge in [0, 0.05) is 27.1 Å². The van der Waals surface area contributed by atoms with Gasteiger partial charge in [-0.2, -0.15) is 0 Å². The molecular formula is C29H22S. The number of aryl methyl sites for hydroxylation is 1. The maximum absolute atomic E-state index is 4.30. The van der Waals surface area contributed by atoms with Crippen LogP contribution in [0, 0.1) is 36.5 Å². The molecule has 0 saturated carbocycles. The van der Waals surface area contributed by atoms with Crippen LogP contribution < -0.4 is 0 Å². The second-order valence-electron chi connectivity index (χ2n) is 7.49. The molecule has 0 spiro atoms. The zero-order valence-corrected chi connectivity index (χ0v) is 18.0. The molecule has 0 aromatic heterocycles. The Morgan fingerprint density at radius 3 is 1.97 bits per heavy atom. The van der Waals surface area contributed by atoms with E-state index in [0.29, 0.717) is 5.92 Å². The quantitative estimate of drug-likeness (QED) is 0.341. The number of benzene rings is 3. The number of rotatable bonds is 1. The van der Waals surface area contributed by atoms with E-state index in [1.807, 2.05) is 36.4 Å². The Morgan fingerprint density at radius 1 is 0.733 bits per heavy atom. The summed E-state index contributed by atoms with van der Waals surface area (Å²) in [4.78, 5) is 0.941. The highest BCUT2D eigenvalue weighted by Gasteiger charge is 2.06. The lowest BCUT2D eigenvalue weighted by Crippen LogP contribution is -1.85. The van der Waals surface area contributed by atoms with Crippen molar-refractivity contribution in [2.75, 3.05) is 0 Å². The SMILES string of the molecule is Cc1cc(C#Cc2ccc(S)cc2)ccc1C#Cc1ccc(C2=C[C@H](C)C=C2)cc1. The van der Waals surface area contributed by atoms with Gasteiger partial charge in [0.2, 0.25) is 0 Å². The predicted molar refractivity (Wildman–Crippen MR) is 130 cm³/mol. The largest absolute Gasteiger partial charge is 0.143 e. The molecular weight excluding hydrogens is 380 g/mol. The second kappa shape index (κ2) is 8.96. The van der Waals surface area contributed by atoms with Gasteiger partial charge in [-0.25, -0.2) is 0 Å². The van der Waals surface area contributed by atoms with Gasteiger partial charge < -0.3 is 0 Å². The third-order valence-corrected chi connectivity index (χ3v) is 5.32. The summed E-state index contributed by atoms with van der Waals surface area (Å²) in [5.41, 5.74) is 7.68. The fourth-order valence-corrected chi connectivity index (χ4v) is 3.45. The summed E-state index contributed by atoms with van der Waals surface area (Å²) in [6.45, 7) is 4.27. The standard InChI is InChI=1S/C29H22S/c1-21-3-12-28(19-21)27-15-7-24(8-16-27)6-13-26-14-9-25(20-22(26)2)5-4-23-10-17-29(30)18-11-23/h3,7-12,14-21,30H,1-2H3/t21-/m1/s1. The summed E-state index contributed by atoms with van der Waals surface area (Å²) in [7, 11) is 0. The maximum Gasteiger partial charge on any atom is 0.0279 e. The van der Waals surface area contributed by atoms with E-state index in [-0.39, 0.29) is 0 Å². The smallest absolute Gasteiger partial charge is 0.0279 e. The van der Waals surface area contributed by atoms with E-state index >= 15 is 0 Å². The monoisotopic (exact) mass is 402 g/mol. The zero-order chi connectivity index (χ0) is 20.9. The van der Waals surface area contributed by atoms with Crippen LogP contribution >= 0.6 is 12.6 Å². The number of hydrogen-bond acceptors (Lipinski definition) is 1. The van der Waals surface area contributed by atoms with E-state index in [1.165, 1.54) is 11.1 Å². The minimum Gasteiger partial charge on any atom is -0.143 e. The highest BCUT2D eigenvalue weighted by atomic mass is 32.1. The van der Waals surface area contributed by atoms with Gasteiger partial charge in [0.1, 0.15) is 0 Å². The van der Waals surface area contributed by atoms with Crippen LogP contribution in [0.4, 0.5) is 0 Å². The van der Waals surface area contributed by atoms with Crippen molar-refractivity contribution in [1.29, 1.82) is 0 Å². The van der Waals surface area contributed by atoms with Crippen molar-refractivity contribution in [3.8, 4) is 23.7 Å². The second-order valence-corrected chi connectivity index (χ2v) is 8.01. The Hall–Kier alpha value is -3.39. The first kappa shape index (κ1) is 19.9. The molecule has 0 saturated heterocycles. The lowest BCUT2D eigenvalue weighted by molar-refractivity contribution is 0.959. The van der Waals surface area contributed by atoms with Crippen LogP contribution in [-0.2, 0) is 0 Å². The molecule has 1 heteroatoms. The molecule has 0 heterocycles. The molecule has 0 amide bonds. The topological polar surface area (TPSA) is 0 Å². The molecule has 0 aliphatic heterocycles. The minimum atomic E-state index is 0.517. The molecule has 0 unspecified atom stereocenters. The number of hydrogen-bond donors (Lipinski definition) is 1. The van der Waals surface area contributed by atoms with Crippen molar-refractivity contribution in [2.45, 2.75) is 18.7 Å². The molecule has 30 heavy (non-hydrogen) atoms. The highest BCUT2D eigenvalue weighted by molar-refractivity contribution is 7.80. The molecule has 0 fully saturated rings. The van der Waals surface area contributed by atoms with Crippen LogP contribution in [0.15, 0.2) is 89.9 Å². The van der Waals surface area contributed by atoms with Crippen molar-refractivity contribution in [1.82, 2.24) is 0 Å². The van der Waals surface area contributed by atoms with Crippen LogP contribution in [0.5, 0.6) is 0 Å². The molecule has 1 aliphatic carbocycles. The molecule has 3 aromatic rings. The van der Waals surface area contributed by atoms with E-state index in [2.05, 4.69) is 98.7 Å². The summed E-state index contributed by atoms with van der Waals surface area (Å²) in [5.74, 6) is 13.5. The van der Waals surface area contributed by atoms with Crippen molar-refractivity contribution < 1.29 is 0 Å². The third-order valence-electron chi connectivity index (χ3n) is 5.03. The lowest BCUT2D eigenvalue weighted by Gasteiger charge is -2.01. The van der Waals surface area contributed by atoms with Crippen molar-refractivity contribution in [2.24, 2.45) is 5.92 Å². The fourth-order valence-electron chi connectivity index (χ4n) is 3.30. The maximum atomic E-state index is 4.30. The van der Waals surface area contributed by atoms with E-state index in [0.717, 1.165) is 32.7 Å². The number of thiol groups is 1. The summed E-state index contributed by atoms with van der Waals surface area (Å²) in [6.07, 6.45) is 6.69. The van der Waals surface area contributed by atoms with Crippen LogP contribution in [-0.4, -0.2) is 0 Å². The minimum absolute atomic E-state index is 0.517. The van der Waals surface area contributed by atoms with Gasteiger partial charge >= 0.3 is 0 Å². The van der Waals surface area contributed by atoms with Crippen molar-refractivity contribution in [3.63, 3.8) is 0 Å². The molecule has 0 radical (unpaired) electrons. The van der Waals surface area contributed by atoms with E-state index in [4.69, 9.17) is 0 Å². The molecule has 4 rings (SSSR count). The Bertz CT molecular complexity index is 1250. The zero-order valence-electron chi connectivity index (χ0n) is 17.1. The van der Waals surface area contributed by atoms with Crippen molar-refractivity contribution >= 4 is 18.2 Å². The number of allylic oxidation sites excluding steroid dienone is 4. The van der Waals surface area contributed by atoms with Gasteiger partial charge in [-0.3, -0.25) is 0 Å². The molecule has 1 atom stereocenters. The van der Waals surface area contributed by atoms with Gasteiger partial charge in [0.15, 0.2) is 0 Å². The van der Waals surface area contributed by atoms with Gasteiger partial charge in [-0.1, -0.05) is 61.0 Å². The molecule has 0 bridgehead atoms. The van der Waals surface area contributed by atoms with Crippen LogP contribution in [0.3, 0.4) is 0 Å². The summed E-state index contributed by atoms with van der Waals surface area (Å²) in [6, 6.07) is 22.5.